The number of piperidine rings is 1. The van der Waals surface area contributed by atoms with E-state index < -0.39 is 0 Å². The van der Waals surface area contributed by atoms with Gasteiger partial charge in [-0.1, -0.05) is 13.3 Å². The van der Waals surface area contributed by atoms with Crippen molar-refractivity contribution < 1.29 is 19.1 Å². The number of nitrogens with zero attached hydrogens (tertiary/aromatic N) is 2. The molecule has 0 saturated carbocycles. The largest absolute Gasteiger partial charge is 0.497 e. The Morgan fingerprint density at radius 2 is 1.82 bits per heavy atom. The number of anilines is 2. The Morgan fingerprint density at radius 3 is 2.44 bits per heavy atom. The van der Waals surface area contributed by atoms with Gasteiger partial charge in [0.15, 0.2) is 0 Å². The van der Waals surface area contributed by atoms with E-state index in [1.165, 1.54) is 6.92 Å². The van der Waals surface area contributed by atoms with Gasteiger partial charge in [0.05, 0.1) is 25.0 Å². The highest BCUT2D eigenvalue weighted by molar-refractivity contribution is 5.99. The first-order valence-corrected chi connectivity index (χ1v) is 12.4. The van der Waals surface area contributed by atoms with E-state index in [4.69, 9.17) is 4.74 Å². The lowest BCUT2D eigenvalue weighted by atomic mass is 9.69. The number of hydrogen-bond donors (Lipinski definition) is 2. The highest BCUT2D eigenvalue weighted by Gasteiger charge is 2.45. The molecule has 1 unspecified atom stereocenters. The van der Waals surface area contributed by atoms with Gasteiger partial charge in [-0.25, -0.2) is 0 Å². The van der Waals surface area contributed by atoms with Crippen molar-refractivity contribution in [1.82, 2.24) is 9.80 Å². The molecule has 3 amide bonds. The van der Waals surface area contributed by atoms with Gasteiger partial charge in [0, 0.05) is 31.0 Å². The third-order valence-corrected chi connectivity index (χ3v) is 7.39. The molecule has 2 N–H and O–H groups in total. The number of nitrogens with one attached hydrogen (secondary N) is 2. The first kappa shape index (κ1) is 26.0. The number of amides is 3. The summed E-state index contributed by atoms with van der Waals surface area (Å²) in [5, 5.41) is 5.66. The van der Waals surface area contributed by atoms with E-state index in [1.807, 2.05) is 0 Å². The molecule has 2 fully saturated rings. The van der Waals surface area contributed by atoms with Crippen LogP contribution < -0.4 is 15.4 Å². The zero-order valence-corrected chi connectivity index (χ0v) is 21.3. The molecular formula is C26H40N4O4. The smallest absolute Gasteiger partial charge is 0.238 e. The van der Waals surface area contributed by atoms with Crippen molar-refractivity contribution in [3.05, 3.63) is 18.2 Å². The summed E-state index contributed by atoms with van der Waals surface area (Å²) in [6.07, 6.45) is 4.94. The van der Waals surface area contributed by atoms with Crippen LogP contribution in [-0.2, 0) is 14.4 Å². The Hall–Kier alpha value is -2.61. The van der Waals surface area contributed by atoms with Gasteiger partial charge >= 0.3 is 0 Å². The second kappa shape index (κ2) is 11.2. The van der Waals surface area contributed by atoms with Gasteiger partial charge in [0.2, 0.25) is 17.7 Å². The van der Waals surface area contributed by atoms with Gasteiger partial charge in [-0.3, -0.25) is 19.3 Å². The summed E-state index contributed by atoms with van der Waals surface area (Å²) in [6.45, 7) is 10.5. The van der Waals surface area contributed by atoms with Crippen LogP contribution >= 0.6 is 0 Å². The topological polar surface area (TPSA) is 91.0 Å². The molecule has 1 aromatic rings. The maximum Gasteiger partial charge on any atom is 0.238 e. The third kappa shape index (κ3) is 6.09. The van der Waals surface area contributed by atoms with Crippen molar-refractivity contribution in [2.24, 2.45) is 11.3 Å². The molecule has 188 valence electrons. The molecule has 0 aliphatic carbocycles. The SMILES string of the molecule is COc1ccc(NC(C)=O)c(NC(=O)CN2CCC(C3(C)CCCCN(C(C)C)C3=O)CC2)c1. The molecule has 8 nitrogen and oxygen atoms in total. The van der Waals surface area contributed by atoms with E-state index in [0.29, 0.717) is 28.9 Å². The van der Waals surface area contributed by atoms with Gasteiger partial charge in [0.1, 0.15) is 5.75 Å². The van der Waals surface area contributed by atoms with Crippen LogP contribution in [0, 0.1) is 11.3 Å². The normalized spacial score (nSPS) is 22.4. The summed E-state index contributed by atoms with van der Waals surface area (Å²) in [4.78, 5) is 42.0. The van der Waals surface area contributed by atoms with Gasteiger partial charge < -0.3 is 20.3 Å². The maximum absolute atomic E-state index is 13.4. The van der Waals surface area contributed by atoms with Crippen molar-refractivity contribution in [3.8, 4) is 5.75 Å². The number of hydrogen-bond acceptors (Lipinski definition) is 5. The minimum atomic E-state index is -0.316. The fraction of sp³-hybridized carbons (Fsp3) is 0.654. The van der Waals surface area contributed by atoms with Crippen LogP contribution in [0.1, 0.15) is 59.8 Å². The summed E-state index contributed by atoms with van der Waals surface area (Å²) in [5.41, 5.74) is 0.734. The maximum atomic E-state index is 13.4. The molecule has 0 radical (unpaired) electrons. The molecule has 1 atom stereocenters. The van der Waals surface area contributed by atoms with E-state index in [1.54, 1.807) is 25.3 Å². The molecular weight excluding hydrogens is 432 g/mol. The number of ether oxygens (including phenoxy) is 1. The summed E-state index contributed by atoms with van der Waals surface area (Å²) < 4.78 is 5.26. The summed E-state index contributed by atoms with van der Waals surface area (Å²) in [6, 6.07) is 5.38. The molecule has 3 rings (SSSR count). The van der Waals surface area contributed by atoms with Gasteiger partial charge in [-0.15, -0.1) is 0 Å². The van der Waals surface area contributed by atoms with E-state index >= 15 is 0 Å². The molecule has 0 aromatic heterocycles. The van der Waals surface area contributed by atoms with Crippen LogP contribution in [0.3, 0.4) is 0 Å². The number of carbonyl (C=O) groups excluding carboxylic acids is 3. The van der Waals surface area contributed by atoms with E-state index in [2.05, 4.69) is 41.2 Å². The molecule has 2 aliphatic rings. The number of carbonyl (C=O) groups is 3. The number of methoxy groups -OCH3 is 1. The Kier molecular flexibility index (Phi) is 8.57. The van der Waals surface area contributed by atoms with Crippen LogP contribution in [0.5, 0.6) is 5.75 Å². The van der Waals surface area contributed by atoms with Crippen molar-refractivity contribution in [2.75, 3.05) is 43.9 Å². The summed E-state index contributed by atoms with van der Waals surface area (Å²) in [7, 11) is 1.56. The van der Waals surface area contributed by atoms with Crippen molar-refractivity contribution in [1.29, 1.82) is 0 Å². The summed E-state index contributed by atoms with van der Waals surface area (Å²) in [5.74, 6) is 0.895. The zero-order valence-electron chi connectivity index (χ0n) is 21.3. The Labute approximate surface area is 203 Å². The van der Waals surface area contributed by atoms with Gasteiger partial charge in [-0.2, -0.15) is 0 Å². The Balaban J connectivity index is 1.59. The monoisotopic (exact) mass is 472 g/mol. The van der Waals surface area contributed by atoms with Crippen molar-refractivity contribution in [3.63, 3.8) is 0 Å². The molecule has 34 heavy (non-hydrogen) atoms. The van der Waals surface area contributed by atoms with Crippen molar-refractivity contribution >= 4 is 29.1 Å². The van der Waals surface area contributed by atoms with Crippen LogP contribution in [0.4, 0.5) is 11.4 Å². The standard InChI is InChI=1S/C26H40N4O4/c1-18(2)30-13-7-6-12-26(4,25(30)33)20-10-14-29(15-11-20)17-24(32)28-23-16-21(34-5)8-9-22(23)27-19(3)31/h8-9,16,18,20H,6-7,10-15,17H2,1-5H3,(H,27,31)(H,28,32). The molecule has 1 aromatic carbocycles. The highest BCUT2D eigenvalue weighted by atomic mass is 16.5. The lowest BCUT2D eigenvalue weighted by Gasteiger charge is -2.43. The molecule has 0 bridgehead atoms. The quantitative estimate of drug-likeness (QED) is 0.631. The lowest BCUT2D eigenvalue weighted by Crippen LogP contribution is -2.50. The zero-order chi connectivity index (χ0) is 24.9. The second-order valence-corrected chi connectivity index (χ2v) is 10.2. The first-order chi connectivity index (χ1) is 16.1. The third-order valence-electron chi connectivity index (χ3n) is 7.39. The van der Waals surface area contributed by atoms with Crippen LogP contribution in [0.15, 0.2) is 18.2 Å². The predicted octanol–water partition coefficient (Wildman–Crippen LogP) is 3.73. The van der Waals surface area contributed by atoms with Crippen LogP contribution in [0.2, 0.25) is 0 Å². The molecule has 2 heterocycles. The molecule has 0 spiro atoms. The number of benzene rings is 1. The highest BCUT2D eigenvalue weighted by Crippen LogP contribution is 2.43. The van der Waals surface area contributed by atoms with E-state index in [0.717, 1.165) is 51.7 Å². The van der Waals surface area contributed by atoms with Crippen molar-refractivity contribution in [2.45, 2.75) is 65.8 Å². The Bertz CT molecular complexity index is 895. The average Bonchev–Trinajstić information content (AvgIpc) is 2.94. The minimum absolute atomic E-state index is 0.138. The minimum Gasteiger partial charge on any atom is -0.497 e. The molecule has 2 aliphatic heterocycles. The fourth-order valence-corrected chi connectivity index (χ4v) is 5.36. The number of rotatable bonds is 7. The Morgan fingerprint density at radius 1 is 1.12 bits per heavy atom. The molecule has 2 saturated heterocycles. The van der Waals surface area contributed by atoms with E-state index in [9.17, 15) is 14.4 Å². The van der Waals surface area contributed by atoms with Gasteiger partial charge in [-0.05, 0) is 70.7 Å². The van der Waals surface area contributed by atoms with E-state index in [-0.39, 0.29) is 29.8 Å². The number of likely N-dealkylation sites (tertiary alicyclic amines) is 2. The summed E-state index contributed by atoms with van der Waals surface area (Å²) >= 11 is 0. The van der Waals surface area contributed by atoms with Crippen LogP contribution in [-0.4, -0.2) is 66.9 Å². The lowest BCUT2D eigenvalue weighted by molar-refractivity contribution is -0.147. The second-order valence-electron chi connectivity index (χ2n) is 10.2. The molecule has 8 heteroatoms. The first-order valence-electron chi connectivity index (χ1n) is 12.4. The average molecular weight is 473 g/mol. The predicted molar refractivity (Wildman–Crippen MR) is 134 cm³/mol. The fourth-order valence-electron chi connectivity index (χ4n) is 5.36. The van der Waals surface area contributed by atoms with Gasteiger partial charge in [0.25, 0.3) is 0 Å². The van der Waals surface area contributed by atoms with Crippen LogP contribution in [0.25, 0.3) is 0 Å².